The van der Waals surface area contributed by atoms with E-state index in [0.29, 0.717) is 24.5 Å². The minimum Gasteiger partial charge on any atom is -0.367 e. The Balaban J connectivity index is 1.95. The Bertz CT molecular complexity index is 708. The van der Waals surface area contributed by atoms with E-state index in [1.807, 2.05) is 20.8 Å². The predicted molar refractivity (Wildman–Crippen MR) is 86.0 cm³/mol. The van der Waals surface area contributed by atoms with Crippen molar-refractivity contribution in [2.45, 2.75) is 33.0 Å². The molecule has 2 atom stereocenters. The van der Waals surface area contributed by atoms with Crippen molar-refractivity contribution in [3.05, 3.63) is 39.2 Å². The van der Waals surface area contributed by atoms with Crippen molar-refractivity contribution in [3.63, 3.8) is 0 Å². The zero-order chi connectivity index (χ0) is 15.7. The second-order valence-corrected chi connectivity index (χ2v) is 6.40. The minimum atomic E-state index is 0.00459. The molecule has 0 aliphatic carbocycles. The summed E-state index contributed by atoms with van der Waals surface area (Å²) in [6.07, 6.45) is 0.0820. The van der Waals surface area contributed by atoms with E-state index in [2.05, 4.69) is 38.0 Å². The van der Waals surface area contributed by atoms with E-state index in [4.69, 9.17) is 4.74 Å². The van der Waals surface area contributed by atoms with Gasteiger partial charge in [-0.1, -0.05) is 0 Å². The van der Waals surface area contributed by atoms with Crippen LogP contribution in [-0.2, 0) is 4.74 Å². The quantitative estimate of drug-likeness (QED) is 0.852. The number of rotatable bonds is 2. The molecule has 1 aliphatic heterocycles. The zero-order valence-electron chi connectivity index (χ0n) is 12.9. The van der Waals surface area contributed by atoms with E-state index in [9.17, 15) is 5.26 Å². The van der Waals surface area contributed by atoms with Gasteiger partial charge in [0.05, 0.1) is 18.3 Å². The second kappa shape index (κ2) is 6.03. The predicted octanol–water partition coefficient (Wildman–Crippen LogP) is 2.99. The molecule has 3 heterocycles. The number of hydrogen-bond donors (Lipinski definition) is 0. The fourth-order valence-corrected chi connectivity index (χ4v) is 3.42. The molecule has 2 aromatic heterocycles. The van der Waals surface area contributed by atoms with Crippen LogP contribution in [0.25, 0.3) is 0 Å². The van der Waals surface area contributed by atoms with Gasteiger partial charge in [0.15, 0.2) is 5.82 Å². The lowest BCUT2D eigenvalue weighted by molar-refractivity contribution is -0.0174. The third kappa shape index (κ3) is 2.70. The van der Waals surface area contributed by atoms with Crippen molar-refractivity contribution in [2.24, 2.45) is 0 Å². The summed E-state index contributed by atoms with van der Waals surface area (Å²) in [5.41, 5.74) is 3.50. The van der Waals surface area contributed by atoms with Gasteiger partial charge in [-0.25, -0.2) is 0 Å². The number of hydrogen-bond acceptors (Lipinski definition) is 6. The fraction of sp³-hybridized carbons (Fsp3) is 0.438. The molecule has 1 aliphatic rings. The summed E-state index contributed by atoms with van der Waals surface area (Å²) < 4.78 is 6.04. The Labute approximate surface area is 134 Å². The Kier molecular flexibility index (Phi) is 4.10. The summed E-state index contributed by atoms with van der Waals surface area (Å²) in [6, 6.07) is 4.37. The number of nitriles is 1. The average Bonchev–Trinajstić information content (AvgIpc) is 3.03. The third-order valence-corrected chi connectivity index (χ3v) is 4.72. The summed E-state index contributed by atoms with van der Waals surface area (Å²) in [6.45, 7) is 7.25. The molecule has 0 N–H and O–H groups in total. The Morgan fingerprint density at radius 2 is 2.18 bits per heavy atom. The highest BCUT2D eigenvalue weighted by atomic mass is 32.1. The number of aromatic nitrogens is 2. The molecule has 5 nitrogen and oxygen atoms in total. The van der Waals surface area contributed by atoms with Crippen LogP contribution in [-0.4, -0.2) is 29.4 Å². The molecule has 1 fully saturated rings. The van der Waals surface area contributed by atoms with E-state index in [-0.39, 0.29) is 12.2 Å². The van der Waals surface area contributed by atoms with E-state index >= 15 is 0 Å². The van der Waals surface area contributed by atoms with Crippen LogP contribution >= 0.6 is 11.3 Å². The fourth-order valence-electron chi connectivity index (χ4n) is 2.72. The highest BCUT2D eigenvalue weighted by Crippen LogP contribution is 2.31. The molecule has 0 bridgehead atoms. The van der Waals surface area contributed by atoms with Crippen LogP contribution in [0.5, 0.6) is 0 Å². The normalized spacial score (nSPS) is 21.6. The number of anilines is 1. The van der Waals surface area contributed by atoms with Crippen LogP contribution in [0, 0.1) is 25.2 Å². The lowest BCUT2D eigenvalue weighted by atomic mass is 10.1. The maximum atomic E-state index is 9.50. The molecule has 3 rings (SSSR count). The molecular formula is C16H18N4OS. The van der Waals surface area contributed by atoms with Gasteiger partial charge in [0.2, 0.25) is 0 Å². The number of thiophene rings is 1. The van der Waals surface area contributed by atoms with Gasteiger partial charge in [0.1, 0.15) is 17.7 Å². The highest BCUT2D eigenvalue weighted by molar-refractivity contribution is 7.07. The van der Waals surface area contributed by atoms with Crippen molar-refractivity contribution in [1.29, 1.82) is 5.26 Å². The van der Waals surface area contributed by atoms with Crippen molar-refractivity contribution < 1.29 is 4.74 Å². The molecule has 6 heteroatoms. The van der Waals surface area contributed by atoms with Crippen LogP contribution in [0.4, 0.5) is 5.82 Å². The largest absolute Gasteiger partial charge is 0.367 e. The topological polar surface area (TPSA) is 62.0 Å². The first-order valence-electron chi connectivity index (χ1n) is 7.26. The first kappa shape index (κ1) is 14.9. The molecule has 0 unspecified atom stereocenters. The van der Waals surface area contributed by atoms with Crippen LogP contribution in [0.15, 0.2) is 16.8 Å². The lowest BCUT2D eigenvalue weighted by Crippen LogP contribution is -2.43. The first-order chi connectivity index (χ1) is 10.6. The second-order valence-electron chi connectivity index (χ2n) is 5.62. The van der Waals surface area contributed by atoms with Crippen LogP contribution in [0.3, 0.4) is 0 Å². The molecular weight excluding hydrogens is 296 g/mol. The molecule has 0 saturated carbocycles. The van der Waals surface area contributed by atoms with Crippen molar-refractivity contribution in [2.75, 3.05) is 18.0 Å². The summed E-state index contributed by atoms with van der Waals surface area (Å²) in [5, 5.41) is 22.1. The summed E-state index contributed by atoms with van der Waals surface area (Å²) >= 11 is 1.66. The van der Waals surface area contributed by atoms with Crippen LogP contribution in [0.2, 0.25) is 0 Å². The van der Waals surface area contributed by atoms with Gasteiger partial charge in [0.25, 0.3) is 0 Å². The Morgan fingerprint density at radius 3 is 2.86 bits per heavy atom. The Morgan fingerprint density at radius 1 is 1.36 bits per heavy atom. The Hall–Kier alpha value is -1.97. The maximum Gasteiger partial charge on any atom is 0.169 e. The van der Waals surface area contributed by atoms with Crippen molar-refractivity contribution in [3.8, 4) is 6.07 Å². The van der Waals surface area contributed by atoms with Gasteiger partial charge in [-0.3, -0.25) is 0 Å². The van der Waals surface area contributed by atoms with Crippen LogP contribution in [0.1, 0.15) is 35.4 Å². The van der Waals surface area contributed by atoms with Crippen molar-refractivity contribution in [1.82, 2.24) is 10.2 Å². The SMILES string of the molecule is Cc1nnc(N2C[C@H](C)O[C@@H](c3ccsc3)C2)c(C#N)c1C. The molecule has 2 aromatic rings. The third-order valence-electron chi connectivity index (χ3n) is 4.02. The summed E-state index contributed by atoms with van der Waals surface area (Å²) in [4.78, 5) is 2.12. The first-order valence-corrected chi connectivity index (χ1v) is 8.21. The highest BCUT2D eigenvalue weighted by Gasteiger charge is 2.29. The monoisotopic (exact) mass is 314 g/mol. The number of aryl methyl sites for hydroxylation is 1. The number of morpholine rings is 1. The maximum absolute atomic E-state index is 9.50. The number of ether oxygens (including phenoxy) is 1. The standard InChI is InChI=1S/C16H18N4OS/c1-10-7-20(8-15(21-10)13-4-5-22-9-13)16-14(6-17)11(2)12(3)18-19-16/h4-5,9-10,15H,7-8H2,1-3H3/t10-,15+/m0/s1. The molecule has 114 valence electrons. The lowest BCUT2D eigenvalue weighted by Gasteiger charge is -2.37. The van der Waals surface area contributed by atoms with E-state index in [1.54, 1.807) is 11.3 Å². The van der Waals surface area contributed by atoms with E-state index in [1.165, 1.54) is 5.56 Å². The van der Waals surface area contributed by atoms with E-state index in [0.717, 1.165) is 11.3 Å². The average molecular weight is 314 g/mol. The van der Waals surface area contributed by atoms with Gasteiger partial charge in [-0.2, -0.15) is 21.7 Å². The summed E-state index contributed by atoms with van der Waals surface area (Å²) in [5.74, 6) is 0.668. The molecule has 0 radical (unpaired) electrons. The van der Waals surface area contributed by atoms with Gasteiger partial charge < -0.3 is 9.64 Å². The zero-order valence-corrected chi connectivity index (χ0v) is 13.7. The number of nitrogens with zero attached hydrogens (tertiary/aromatic N) is 4. The van der Waals surface area contributed by atoms with Crippen molar-refractivity contribution >= 4 is 17.2 Å². The van der Waals surface area contributed by atoms with Gasteiger partial charge in [-0.05, 0) is 48.7 Å². The van der Waals surface area contributed by atoms with Gasteiger partial charge >= 0.3 is 0 Å². The summed E-state index contributed by atoms with van der Waals surface area (Å²) in [7, 11) is 0. The van der Waals surface area contributed by atoms with Crippen LogP contribution < -0.4 is 4.90 Å². The van der Waals surface area contributed by atoms with E-state index < -0.39 is 0 Å². The van der Waals surface area contributed by atoms with Gasteiger partial charge in [0, 0.05) is 6.54 Å². The smallest absolute Gasteiger partial charge is 0.169 e. The molecule has 0 aromatic carbocycles. The molecule has 1 saturated heterocycles. The molecule has 22 heavy (non-hydrogen) atoms. The molecule has 0 spiro atoms. The minimum absolute atomic E-state index is 0.00459. The molecule has 0 amide bonds. The van der Waals surface area contributed by atoms with Gasteiger partial charge in [-0.15, -0.1) is 5.10 Å².